The molecule has 15 nitrogen and oxygen atoms in total. The van der Waals surface area contributed by atoms with E-state index in [4.69, 9.17) is 9.47 Å². The van der Waals surface area contributed by atoms with Crippen LogP contribution in [0.1, 0.15) is 49.8 Å². The fourth-order valence-electron chi connectivity index (χ4n) is 4.24. The molecule has 4 rings (SSSR count). The molecule has 1 fully saturated rings. The van der Waals surface area contributed by atoms with Crippen LogP contribution in [-0.4, -0.2) is 95.5 Å². The van der Waals surface area contributed by atoms with Crippen molar-refractivity contribution >= 4 is 53.4 Å². The zero-order chi connectivity index (χ0) is 31.5. The predicted molar refractivity (Wildman–Crippen MR) is 153 cm³/mol. The molecule has 2 aromatic rings. The van der Waals surface area contributed by atoms with Crippen molar-refractivity contribution in [1.29, 1.82) is 0 Å². The van der Waals surface area contributed by atoms with Crippen LogP contribution >= 0.6 is 23.5 Å². The number of phenols is 1. The summed E-state index contributed by atoms with van der Waals surface area (Å²) < 4.78 is 10.2. The largest absolute Gasteiger partial charge is 0.508 e. The van der Waals surface area contributed by atoms with Crippen LogP contribution in [0.15, 0.2) is 40.6 Å². The summed E-state index contributed by atoms with van der Waals surface area (Å²) in [6.07, 6.45) is -0.869. The summed E-state index contributed by atoms with van der Waals surface area (Å²) in [5.41, 5.74) is -0.333. The van der Waals surface area contributed by atoms with Gasteiger partial charge in [0.2, 0.25) is 11.6 Å². The molecule has 43 heavy (non-hydrogen) atoms. The normalized spacial score (nSPS) is 18.7. The Morgan fingerprint density at radius 2 is 1.93 bits per heavy atom. The number of esters is 1. The maximum absolute atomic E-state index is 13.4. The number of rotatable bonds is 10. The van der Waals surface area contributed by atoms with Crippen LogP contribution < -0.4 is 10.6 Å². The van der Waals surface area contributed by atoms with Gasteiger partial charge in [0.1, 0.15) is 39.5 Å². The zero-order valence-corrected chi connectivity index (χ0v) is 25.2. The maximum Gasteiger partial charge on any atom is 0.408 e. The van der Waals surface area contributed by atoms with Gasteiger partial charge < -0.3 is 30.3 Å². The minimum absolute atomic E-state index is 0.0309. The van der Waals surface area contributed by atoms with Gasteiger partial charge >= 0.3 is 18.0 Å². The summed E-state index contributed by atoms with van der Waals surface area (Å²) in [5, 5.41) is 34.3. The third-order valence-corrected chi connectivity index (χ3v) is 8.48. The van der Waals surface area contributed by atoms with Crippen molar-refractivity contribution < 1.29 is 43.7 Å². The molecule has 0 bridgehead atoms. The van der Waals surface area contributed by atoms with Crippen LogP contribution in [-0.2, 0) is 23.9 Å². The summed E-state index contributed by atoms with van der Waals surface area (Å²) in [7, 11) is 0. The third kappa shape index (κ3) is 7.22. The van der Waals surface area contributed by atoms with Gasteiger partial charge in [0.05, 0.1) is 6.61 Å². The topological polar surface area (TPSA) is 213 Å². The van der Waals surface area contributed by atoms with Gasteiger partial charge in [-0.1, -0.05) is 29.1 Å². The molecule has 3 atom stereocenters. The number of aromatic hydroxyl groups is 1. The third-order valence-electron chi connectivity index (χ3n) is 6.07. The van der Waals surface area contributed by atoms with Gasteiger partial charge in [-0.15, -0.1) is 16.9 Å². The highest BCUT2D eigenvalue weighted by molar-refractivity contribution is 8.01. The summed E-state index contributed by atoms with van der Waals surface area (Å²) in [6, 6.07) is 3.24. The maximum atomic E-state index is 13.4. The number of aromatic amines is 1. The van der Waals surface area contributed by atoms with Gasteiger partial charge in [0.15, 0.2) is 0 Å². The number of hydrogen-bond donors (Lipinski definition) is 5. The lowest BCUT2D eigenvalue weighted by molar-refractivity contribution is -0.151. The number of benzene rings is 1. The van der Waals surface area contributed by atoms with E-state index in [1.807, 2.05) is 0 Å². The first-order valence-electron chi connectivity index (χ1n) is 13.0. The van der Waals surface area contributed by atoms with E-state index in [1.54, 1.807) is 27.7 Å². The van der Waals surface area contributed by atoms with E-state index < -0.39 is 52.9 Å². The van der Waals surface area contributed by atoms with Crippen molar-refractivity contribution in [2.75, 3.05) is 18.1 Å². The Hall–Kier alpha value is -4.25. The summed E-state index contributed by atoms with van der Waals surface area (Å²) in [5.74, 6) is -3.07. The van der Waals surface area contributed by atoms with Crippen LogP contribution in [0.2, 0.25) is 0 Å². The molecule has 2 aliphatic rings. The lowest BCUT2D eigenvalue weighted by atomic mass is 10.0. The lowest BCUT2D eigenvalue weighted by Gasteiger charge is -2.49. The molecule has 3 heterocycles. The molecule has 0 radical (unpaired) electrons. The number of aromatic nitrogens is 3. The molecule has 5 N–H and O–H groups in total. The van der Waals surface area contributed by atoms with Gasteiger partial charge in [-0.05, 0) is 51.0 Å². The highest BCUT2D eigenvalue weighted by Gasteiger charge is 2.54. The van der Waals surface area contributed by atoms with Crippen molar-refractivity contribution in [3.05, 3.63) is 46.8 Å². The van der Waals surface area contributed by atoms with Gasteiger partial charge in [-0.2, -0.15) is 0 Å². The first kappa shape index (κ1) is 31.7. The lowest BCUT2D eigenvalue weighted by Crippen LogP contribution is -2.71. The molecule has 0 saturated carbocycles. The number of β-lactam (4-membered cyclic amide) rings is 1. The Morgan fingerprint density at radius 1 is 1.23 bits per heavy atom. The number of hydrogen-bond acceptors (Lipinski definition) is 12. The van der Waals surface area contributed by atoms with E-state index in [2.05, 4.69) is 26.0 Å². The van der Waals surface area contributed by atoms with Crippen LogP contribution in [0.3, 0.4) is 0 Å². The van der Waals surface area contributed by atoms with Crippen molar-refractivity contribution in [2.45, 2.75) is 55.8 Å². The molecule has 17 heteroatoms. The Balaban J connectivity index is 1.49. The number of carboxylic acids is 1. The minimum Gasteiger partial charge on any atom is -0.508 e. The Labute approximate surface area is 254 Å². The minimum atomic E-state index is -1.32. The number of carboxylic acid groups (broad SMARTS) is 1. The fourth-order valence-corrected chi connectivity index (χ4v) is 6.63. The Kier molecular flexibility index (Phi) is 9.54. The average molecular weight is 635 g/mol. The van der Waals surface area contributed by atoms with Crippen molar-refractivity contribution in [3.8, 4) is 5.75 Å². The van der Waals surface area contributed by atoms with E-state index in [9.17, 15) is 34.2 Å². The number of fused-ring (bicyclic) bond motifs is 1. The van der Waals surface area contributed by atoms with E-state index >= 15 is 0 Å². The zero-order valence-electron chi connectivity index (χ0n) is 23.6. The summed E-state index contributed by atoms with van der Waals surface area (Å²) >= 11 is 2.35. The second-order valence-electron chi connectivity index (χ2n) is 10.3. The number of aliphatic carboxylic acids is 1. The smallest absolute Gasteiger partial charge is 0.408 e. The SMILES string of the molecule is CCOC(=O)c1nn[nH]c1SCC1=C(C(=O)O)N2C(=O)C(NC(=O)C(NC(=O)OC(C)(C)C)c3ccc(O)cc3)[C@@H]2SC1. The molecule has 0 spiro atoms. The molecule has 0 aliphatic carbocycles. The first-order chi connectivity index (χ1) is 20.3. The average Bonchev–Trinajstić information content (AvgIpc) is 3.41. The summed E-state index contributed by atoms with van der Waals surface area (Å²) in [4.78, 5) is 64.6. The molecule has 2 unspecified atom stereocenters. The number of nitrogens with zero attached hydrogens (tertiary/aromatic N) is 3. The Morgan fingerprint density at radius 3 is 2.56 bits per heavy atom. The number of thioether (sulfide) groups is 2. The number of phenolic OH excluding ortho intramolecular Hbond substituents is 1. The van der Waals surface area contributed by atoms with Gasteiger partial charge in [0.25, 0.3) is 5.91 Å². The van der Waals surface area contributed by atoms with E-state index in [-0.39, 0.29) is 35.3 Å². The van der Waals surface area contributed by atoms with Crippen molar-refractivity contribution in [3.63, 3.8) is 0 Å². The number of ether oxygens (including phenoxy) is 2. The van der Waals surface area contributed by atoms with Crippen LogP contribution in [0.4, 0.5) is 4.79 Å². The fraction of sp³-hybridized carbons (Fsp3) is 0.423. The number of carbonyl (C=O) groups is 5. The van der Waals surface area contributed by atoms with Crippen LogP contribution in [0, 0.1) is 0 Å². The van der Waals surface area contributed by atoms with E-state index in [0.717, 1.165) is 16.7 Å². The standard InChI is InChI=1S/C26H30N6O9S2/c1-5-40-24(38)16-20(30-31-29-16)42-10-13-11-43-22-17(21(35)32(22)18(13)23(36)37)27-19(34)15(12-6-8-14(33)9-7-12)28-25(39)41-26(2,3)4/h6-9,15,17,22,33H,5,10-11H2,1-4H3,(H,27,34)(H,28,39)(H,36,37)(H,29,30,31)/t15?,17?,22-/m0/s1. The van der Waals surface area contributed by atoms with Crippen molar-refractivity contribution in [2.24, 2.45) is 0 Å². The predicted octanol–water partition coefficient (Wildman–Crippen LogP) is 1.78. The molecule has 1 saturated heterocycles. The highest BCUT2D eigenvalue weighted by Crippen LogP contribution is 2.42. The molecule has 2 aliphatic heterocycles. The number of alkyl carbamates (subject to hydrolysis) is 1. The van der Waals surface area contributed by atoms with E-state index in [1.165, 1.54) is 36.0 Å². The molecule has 1 aromatic heterocycles. The van der Waals surface area contributed by atoms with Crippen LogP contribution in [0.5, 0.6) is 5.75 Å². The monoisotopic (exact) mass is 634 g/mol. The van der Waals surface area contributed by atoms with Gasteiger partial charge in [0, 0.05) is 11.5 Å². The molecule has 230 valence electrons. The van der Waals surface area contributed by atoms with E-state index in [0.29, 0.717) is 16.2 Å². The Bertz CT molecular complexity index is 1450. The number of H-pyrrole nitrogens is 1. The molecular weight excluding hydrogens is 604 g/mol. The second-order valence-corrected chi connectivity index (χ2v) is 12.4. The molecule has 1 aromatic carbocycles. The quantitative estimate of drug-likeness (QED) is 0.143. The highest BCUT2D eigenvalue weighted by atomic mass is 32.2. The van der Waals surface area contributed by atoms with Crippen LogP contribution in [0.25, 0.3) is 0 Å². The number of carbonyl (C=O) groups excluding carboxylic acids is 4. The number of amides is 3. The second kappa shape index (κ2) is 12.9. The molecular formula is C26H30N6O9S2. The summed E-state index contributed by atoms with van der Waals surface area (Å²) in [6.45, 7) is 6.78. The van der Waals surface area contributed by atoms with Gasteiger partial charge in [-0.25, -0.2) is 14.4 Å². The molecule has 3 amide bonds. The number of nitrogens with one attached hydrogen (secondary N) is 3. The first-order valence-corrected chi connectivity index (χ1v) is 15.0. The van der Waals surface area contributed by atoms with Gasteiger partial charge in [-0.3, -0.25) is 19.6 Å². The van der Waals surface area contributed by atoms with Crippen molar-refractivity contribution in [1.82, 2.24) is 30.9 Å².